The van der Waals surface area contributed by atoms with E-state index in [4.69, 9.17) is 9.15 Å². The third kappa shape index (κ3) is 1.67. The number of hydrogen-bond acceptors (Lipinski definition) is 6. The van der Waals surface area contributed by atoms with Gasteiger partial charge in [0, 0.05) is 5.56 Å². The van der Waals surface area contributed by atoms with E-state index in [9.17, 15) is 9.59 Å². The first-order valence-electron chi connectivity index (χ1n) is 6.52. The zero-order valence-corrected chi connectivity index (χ0v) is 12.3. The third-order valence-corrected chi connectivity index (χ3v) is 4.57. The summed E-state index contributed by atoms with van der Waals surface area (Å²) < 4.78 is 10.5. The Balaban J connectivity index is 1.94. The van der Waals surface area contributed by atoms with Crippen LogP contribution in [0.15, 0.2) is 41.0 Å². The molecule has 22 heavy (non-hydrogen) atoms. The predicted molar refractivity (Wildman–Crippen MR) is 79.7 cm³/mol. The van der Waals surface area contributed by atoms with E-state index in [2.05, 4.69) is 4.98 Å². The van der Waals surface area contributed by atoms with Crippen LogP contribution in [0.5, 0.6) is 5.75 Å². The molecule has 2 heterocycles. The van der Waals surface area contributed by atoms with E-state index >= 15 is 0 Å². The van der Waals surface area contributed by atoms with Gasteiger partial charge in [-0.2, -0.15) is 0 Å². The minimum absolute atomic E-state index is 0.165. The number of nitrogens with zero attached hydrogens (tertiary/aromatic N) is 1. The van der Waals surface area contributed by atoms with Crippen LogP contribution in [0.4, 0.5) is 0 Å². The molecule has 3 aromatic rings. The number of benzene rings is 1. The molecule has 0 atom stereocenters. The molecule has 5 nitrogen and oxygen atoms in total. The first-order chi connectivity index (χ1) is 10.7. The maximum atomic E-state index is 12.7. The van der Waals surface area contributed by atoms with Gasteiger partial charge in [0.15, 0.2) is 10.8 Å². The first-order valence-corrected chi connectivity index (χ1v) is 7.33. The van der Waals surface area contributed by atoms with Crippen molar-refractivity contribution in [2.45, 2.75) is 0 Å². The molecule has 1 aliphatic rings. The van der Waals surface area contributed by atoms with Crippen LogP contribution in [0.3, 0.4) is 0 Å². The Morgan fingerprint density at radius 3 is 2.73 bits per heavy atom. The van der Waals surface area contributed by atoms with Gasteiger partial charge in [-0.15, -0.1) is 11.3 Å². The molecule has 6 heteroatoms. The standard InChI is InChI=1S/C16H9NO4S/c1-20-9-5-2-4-8-11(9)14(19)12-15(13(8)18)22-16(17-12)10-6-3-7-21-10/h2-7H,1H3. The van der Waals surface area contributed by atoms with Gasteiger partial charge >= 0.3 is 0 Å². The molecule has 0 amide bonds. The lowest BCUT2D eigenvalue weighted by Crippen LogP contribution is -2.20. The van der Waals surface area contributed by atoms with Crippen molar-refractivity contribution in [3.05, 3.63) is 58.3 Å². The number of thiazole rings is 1. The number of fused-ring (bicyclic) bond motifs is 2. The summed E-state index contributed by atoms with van der Waals surface area (Å²) >= 11 is 1.17. The Kier molecular flexibility index (Phi) is 2.74. The fourth-order valence-corrected chi connectivity index (χ4v) is 3.48. The van der Waals surface area contributed by atoms with Gasteiger partial charge in [0.2, 0.25) is 11.6 Å². The molecule has 0 saturated heterocycles. The smallest absolute Gasteiger partial charge is 0.217 e. The zero-order valence-electron chi connectivity index (χ0n) is 11.5. The van der Waals surface area contributed by atoms with Gasteiger partial charge in [-0.25, -0.2) is 4.98 Å². The minimum Gasteiger partial charge on any atom is -0.496 e. The average molecular weight is 311 g/mol. The summed E-state index contributed by atoms with van der Waals surface area (Å²) in [7, 11) is 1.47. The number of hydrogen-bond donors (Lipinski definition) is 0. The number of methoxy groups -OCH3 is 1. The van der Waals surface area contributed by atoms with E-state index in [0.717, 1.165) is 0 Å². The highest BCUT2D eigenvalue weighted by molar-refractivity contribution is 7.17. The number of ether oxygens (including phenoxy) is 1. The van der Waals surface area contributed by atoms with Gasteiger partial charge in [0.05, 0.1) is 18.9 Å². The molecule has 0 radical (unpaired) electrons. The maximum absolute atomic E-state index is 12.7. The molecule has 0 fully saturated rings. The van der Waals surface area contributed by atoms with E-state index in [-0.39, 0.29) is 22.8 Å². The molecular formula is C16H9NO4S. The van der Waals surface area contributed by atoms with Crippen LogP contribution in [0.25, 0.3) is 10.8 Å². The number of carbonyl (C=O) groups excluding carboxylic acids is 2. The quantitative estimate of drug-likeness (QED) is 0.568. The summed E-state index contributed by atoms with van der Waals surface area (Å²) in [5.74, 6) is 0.417. The largest absolute Gasteiger partial charge is 0.496 e. The lowest BCUT2D eigenvalue weighted by atomic mass is 9.90. The fourth-order valence-electron chi connectivity index (χ4n) is 2.50. The van der Waals surface area contributed by atoms with Gasteiger partial charge in [-0.05, 0) is 24.3 Å². The van der Waals surface area contributed by atoms with Crippen molar-refractivity contribution in [1.82, 2.24) is 4.98 Å². The monoisotopic (exact) mass is 311 g/mol. The Morgan fingerprint density at radius 1 is 1.14 bits per heavy atom. The molecule has 1 aromatic carbocycles. The number of ketones is 2. The molecule has 0 aliphatic heterocycles. The van der Waals surface area contributed by atoms with Crippen molar-refractivity contribution in [2.24, 2.45) is 0 Å². The molecule has 0 bridgehead atoms. The maximum Gasteiger partial charge on any atom is 0.217 e. The Hall–Kier alpha value is -2.73. The summed E-state index contributed by atoms with van der Waals surface area (Å²) in [5.41, 5.74) is 0.795. The van der Waals surface area contributed by atoms with Gasteiger partial charge in [0.25, 0.3) is 0 Å². The highest BCUT2D eigenvalue weighted by atomic mass is 32.1. The summed E-state index contributed by atoms with van der Waals surface area (Å²) in [5, 5.41) is 0.517. The summed E-state index contributed by atoms with van der Waals surface area (Å²) in [6.45, 7) is 0. The van der Waals surface area contributed by atoms with Gasteiger partial charge in [-0.1, -0.05) is 6.07 Å². The van der Waals surface area contributed by atoms with Crippen molar-refractivity contribution in [2.75, 3.05) is 7.11 Å². The van der Waals surface area contributed by atoms with Gasteiger partial charge in [0.1, 0.15) is 16.3 Å². The Labute approximate surface area is 129 Å². The van der Waals surface area contributed by atoms with Crippen molar-refractivity contribution < 1.29 is 18.7 Å². The number of rotatable bonds is 2. The van der Waals surface area contributed by atoms with E-state index in [1.165, 1.54) is 24.7 Å². The Morgan fingerprint density at radius 2 is 2.00 bits per heavy atom. The van der Waals surface area contributed by atoms with E-state index in [1.807, 2.05) is 0 Å². The minimum atomic E-state index is -0.295. The van der Waals surface area contributed by atoms with Crippen molar-refractivity contribution >= 4 is 22.9 Å². The zero-order chi connectivity index (χ0) is 15.3. The second kappa shape index (κ2) is 4.64. The van der Waals surface area contributed by atoms with Crippen LogP contribution >= 0.6 is 11.3 Å². The molecule has 0 N–H and O–H groups in total. The normalized spacial score (nSPS) is 13.0. The van der Waals surface area contributed by atoms with Crippen LogP contribution in [-0.4, -0.2) is 23.7 Å². The highest BCUT2D eigenvalue weighted by Crippen LogP contribution is 2.38. The van der Waals surface area contributed by atoms with Crippen molar-refractivity contribution in [1.29, 1.82) is 0 Å². The first kappa shape index (κ1) is 13.0. The lowest BCUT2D eigenvalue weighted by Gasteiger charge is -2.15. The van der Waals surface area contributed by atoms with Crippen LogP contribution < -0.4 is 4.74 Å². The van der Waals surface area contributed by atoms with E-state index in [1.54, 1.807) is 30.3 Å². The highest BCUT2D eigenvalue weighted by Gasteiger charge is 2.36. The van der Waals surface area contributed by atoms with Gasteiger partial charge in [-0.3, -0.25) is 9.59 Å². The summed E-state index contributed by atoms with van der Waals surface area (Å²) in [4.78, 5) is 30.0. The molecule has 0 saturated carbocycles. The van der Waals surface area contributed by atoms with Gasteiger partial charge < -0.3 is 9.15 Å². The average Bonchev–Trinajstić information content (AvgIpc) is 3.20. The molecule has 108 valence electrons. The molecule has 0 unspecified atom stereocenters. The van der Waals surface area contributed by atoms with E-state index in [0.29, 0.717) is 27.0 Å². The van der Waals surface area contributed by atoms with Crippen molar-refractivity contribution in [3.63, 3.8) is 0 Å². The lowest BCUT2D eigenvalue weighted by molar-refractivity contribution is 0.0976. The van der Waals surface area contributed by atoms with Crippen molar-refractivity contribution in [3.8, 4) is 16.5 Å². The van der Waals surface area contributed by atoms with E-state index < -0.39 is 0 Å². The SMILES string of the molecule is COc1cccc2c1C(=O)c1nc(-c3ccco3)sc1C2=O. The molecule has 0 spiro atoms. The number of furan rings is 1. The number of aromatic nitrogens is 1. The molecule has 1 aliphatic carbocycles. The molecular weight excluding hydrogens is 302 g/mol. The Bertz CT molecular complexity index is 908. The van der Waals surface area contributed by atoms with Crippen LogP contribution in [-0.2, 0) is 0 Å². The van der Waals surface area contributed by atoms with Crippen LogP contribution in [0.1, 0.15) is 31.3 Å². The third-order valence-electron chi connectivity index (χ3n) is 3.50. The molecule has 2 aromatic heterocycles. The molecule has 4 rings (SSSR count). The predicted octanol–water partition coefficient (Wildman–Crippen LogP) is 3.19. The second-order valence-corrected chi connectivity index (χ2v) is 5.71. The summed E-state index contributed by atoms with van der Waals surface area (Å²) in [6.07, 6.45) is 1.52. The topological polar surface area (TPSA) is 69.4 Å². The summed E-state index contributed by atoms with van der Waals surface area (Å²) in [6, 6.07) is 8.47. The number of carbonyl (C=O) groups is 2. The van der Waals surface area contributed by atoms with Crippen LogP contribution in [0, 0.1) is 0 Å². The van der Waals surface area contributed by atoms with Crippen LogP contribution in [0.2, 0.25) is 0 Å². The second-order valence-electron chi connectivity index (χ2n) is 4.72. The fraction of sp³-hybridized carbons (Fsp3) is 0.0625.